The molecular formula is C16H18N2O3. The Morgan fingerprint density at radius 3 is 2.62 bits per heavy atom. The third-order valence-corrected chi connectivity index (χ3v) is 2.96. The first-order valence-corrected chi connectivity index (χ1v) is 6.75. The number of pyridine rings is 1. The van der Waals surface area contributed by atoms with Gasteiger partial charge in [0.15, 0.2) is 0 Å². The van der Waals surface area contributed by atoms with Crippen LogP contribution in [0.4, 0.5) is 4.79 Å². The summed E-state index contributed by atoms with van der Waals surface area (Å²) in [4.78, 5) is 15.7. The van der Waals surface area contributed by atoms with Gasteiger partial charge in [0.2, 0.25) is 0 Å². The number of benzene rings is 1. The highest BCUT2D eigenvalue weighted by Gasteiger charge is 2.13. The molecule has 0 spiro atoms. The van der Waals surface area contributed by atoms with Gasteiger partial charge in [-0.1, -0.05) is 36.4 Å². The molecule has 5 nitrogen and oxygen atoms in total. The number of rotatable bonds is 6. The Labute approximate surface area is 123 Å². The second kappa shape index (κ2) is 8.01. The third-order valence-electron chi connectivity index (χ3n) is 2.96. The summed E-state index contributed by atoms with van der Waals surface area (Å²) < 4.78 is 5.12. The van der Waals surface area contributed by atoms with Crippen molar-refractivity contribution in [2.75, 3.05) is 6.61 Å². The molecule has 110 valence electrons. The van der Waals surface area contributed by atoms with E-state index in [2.05, 4.69) is 10.3 Å². The molecule has 2 N–H and O–H groups in total. The Balaban J connectivity index is 1.80. The molecule has 1 aromatic carbocycles. The average Bonchev–Trinajstić information content (AvgIpc) is 2.54. The minimum atomic E-state index is -0.540. The number of aliphatic hydroxyl groups excluding tert-OH is 1. The number of carbonyl (C=O) groups is 1. The monoisotopic (exact) mass is 286 g/mol. The zero-order valence-electron chi connectivity index (χ0n) is 11.6. The third kappa shape index (κ3) is 5.24. The van der Waals surface area contributed by atoms with E-state index in [0.29, 0.717) is 6.42 Å². The Bertz CT molecular complexity index is 546. The van der Waals surface area contributed by atoms with Crippen LogP contribution in [0, 0.1) is 0 Å². The number of aromatic nitrogens is 1. The Kier molecular flexibility index (Phi) is 5.72. The molecule has 0 aliphatic carbocycles. The van der Waals surface area contributed by atoms with Gasteiger partial charge in [-0.05, 0) is 23.6 Å². The van der Waals surface area contributed by atoms with E-state index >= 15 is 0 Å². The fourth-order valence-electron chi connectivity index (χ4n) is 1.90. The normalized spacial score (nSPS) is 11.7. The lowest BCUT2D eigenvalue weighted by atomic mass is 10.1. The summed E-state index contributed by atoms with van der Waals surface area (Å²) in [6, 6.07) is 12.8. The molecular weight excluding hydrogens is 268 g/mol. The summed E-state index contributed by atoms with van der Waals surface area (Å²) in [6.07, 6.45) is 3.35. The van der Waals surface area contributed by atoms with Crippen molar-refractivity contribution >= 4 is 6.09 Å². The van der Waals surface area contributed by atoms with Gasteiger partial charge in [0.05, 0.1) is 12.6 Å². The van der Waals surface area contributed by atoms with E-state index in [-0.39, 0.29) is 13.2 Å². The molecule has 1 aromatic heterocycles. The van der Waals surface area contributed by atoms with Gasteiger partial charge in [-0.3, -0.25) is 4.98 Å². The Hall–Kier alpha value is -2.40. The van der Waals surface area contributed by atoms with Gasteiger partial charge < -0.3 is 15.2 Å². The van der Waals surface area contributed by atoms with Gasteiger partial charge in [-0.25, -0.2) is 4.79 Å². The molecule has 1 heterocycles. The Morgan fingerprint density at radius 1 is 1.19 bits per heavy atom. The largest absolute Gasteiger partial charge is 0.445 e. The first-order valence-electron chi connectivity index (χ1n) is 6.75. The highest BCUT2D eigenvalue weighted by Crippen LogP contribution is 2.03. The molecule has 0 radical (unpaired) electrons. The van der Waals surface area contributed by atoms with Crippen LogP contribution in [0.1, 0.15) is 11.1 Å². The highest BCUT2D eigenvalue weighted by molar-refractivity contribution is 5.67. The fourth-order valence-corrected chi connectivity index (χ4v) is 1.90. The molecule has 1 amide bonds. The molecule has 1 unspecified atom stereocenters. The van der Waals surface area contributed by atoms with Crippen molar-refractivity contribution in [3.05, 3.63) is 66.0 Å². The van der Waals surface area contributed by atoms with Crippen LogP contribution >= 0.6 is 0 Å². The molecule has 21 heavy (non-hydrogen) atoms. The quantitative estimate of drug-likeness (QED) is 0.851. The van der Waals surface area contributed by atoms with Crippen LogP contribution in [0.5, 0.6) is 0 Å². The number of amides is 1. The van der Waals surface area contributed by atoms with Crippen LogP contribution in [0.15, 0.2) is 54.9 Å². The lowest BCUT2D eigenvalue weighted by Gasteiger charge is -2.16. The van der Waals surface area contributed by atoms with Crippen LogP contribution in [-0.2, 0) is 17.8 Å². The van der Waals surface area contributed by atoms with Gasteiger partial charge in [0.25, 0.3) is 0 Å². The van der Waals surface area contributed by atoms with Gasteiger partial charge in [0.1, 0.15) is 6.61 Å². The zero-order valence-corrected chi connectivity index (χ0v) is 11.6. The van der Waals surface area contributed by atoms with Crippen LogP contribution in [-0.4, -0.2) is 28.8 Å². The van der Waals surface area contributed by atoms with Crippen molar-refractivity contribution in [3.63, 3.8) is 0 Å². The lowest BCUT2D eigenvalue weighted by Crippen LogP contribution is -2.39. The lowest BCUT2D eigenvalue weighted by molar-refractivity contribution is 0.129. The summed E-state index contributed by atoms with van der Waals surface area (Å²) in [5, 5.41) is 12.0. The molecule has 2 aromatic rings. The zero-order chi connectivity index (χ0) is 14.9. The highest BCUT2D eigenvalue weighted by atomic mass is 16.5. The molecule has 0 saturated carbocycles. The molecule has 0 aliphatic rings. The molecule has 0 aliphatic heterocycles. The van der Waals surface area contributed by atoms with Crippen LogP contribution in [0.3, 0.4) is 0 Å². The topological polar surface area (TPSA) is 71.5 Å². The maximum Gasteiger partial charge on any atom is 0.407 e. The fraction of sp³-hybridized carbons (Fsp3) is 0.250. The smallest absolute Gasteiger partial charge is 0.407 e. The van der Waals surface area contributed by atoms with E-state index in [1.807, 2.05) is 42.5 Å². The van der Waals surface area contributed by atoms with E-state index in [0.717, 1.165) is 11.1 Å². The maximum absolute atomic E-state index is 11.7. The van der Waals surface area contributed by atoms with E-state index < -0.39 is 12.1 Å². The van der Waals surface area contributed by atoms with E-state index in [1.165, 1.54) is 0 Å². The van der Waals surface area contributed by atoms with Crippen molar-refractivity contribution in [2.45, 2.75) is 19.1 Å². The summed E-state index contributed by atoms with van der Waals surface area (Å²) >= 11 is 0. The first-order chi connectivity index (χ1) is 10.3. The van der Waals surface area contributed by atoms with Gasteiger partial charge >= 0.3 is 6.09 Å². The van der Waals surface area contributed by atoms with Gasteiger partial charge in [-0.2, -0.15) is 0 Å². The average molecular weight is 286 g/mol. The molecule has 2 rings (SSSR count). The molecule has 1 atom stereocenters. The van der Waals surface area contributed by atoms with Gasteiger partial charge in [0, 0.05) is 12.4 Å². The molecule has 0 fully saturated rings. The maximum atomic E-state index is 11.7. The molecule has 0 bridgehead atoms. The number of carbonyl (C=O) groups excluding carboxylic acids is 1. The van der Waals surface area contributed by atoms with Crippen LogP contribution in [0.2, 0.25) is 0 Å². The predicted molar refractivity (Wildman–Crippen MR) is 78.6 cm³/mol. The van der Waals surface area contributed by atoms with Crippen LogP contribution in [0.25, 0.3) is 0 Å². The van der Waals surface area contributed by atoms with E-state index in [1.54, 1.807) is 12.4 Å². The van der Waals surface area contributed by atoms with Crippen molar-refractivity contribution < 1.29 is 14.6 Å². The second-order valence-electron chi connectivity index (χ2n) is 4.65. The first kappa shape index (κ1) is 15.0. The van der Waals surface area contributed by atoms with Crippen LogP contribution < -0.4 is 5.32 Å². The molecule has 5 heteroatoms. The summed E-state index contributed by atoms with van der Waals surface area (Å²) in [7, 11) is 0. The van der Waals surface area contributed by atoms with Gasteiger partial charge in [-0.15, -0.1) is 0 Å². The number of hydrogen-bond donors (Lipinski definition) is 2. The summed E-state index contributed by atoms with van der Waals surface area (Å²) in [5.41, 5.74) is 1.86. The standard InChI is InChI=1S/C16H18N2O3/c19-11-15(9-14-7-4-8-17-10-14)18-16(20)21-12-13-5-2-1-3-6-13/h1-8,10,15,19H,9,11-12H2,(H,18,20). The van der Waals surface area contributed by atoms with Crippen molar-refractivity contribution in [1.29, 1.82) is 0 Å². The number of alkyl carbamates (subject to hydrolysis) is 1. The molecule has 0 saturated heterocycles. The number of aliphatic hydroxyl groups is 1. The summed E-state index contributed by atoms with van der Waals surface area (Å²) in [5.74, 6) is 0. The van der Waals surface area contributed by atoms with Crippen molar-refractivity contribution in [1.82, 2.24) is 10.3 Å². The van der Waals surface area contributed by atoms with Crippen molar-refractivity contribution in [2.24, 2.45) is 0 Å². The number of hydrogen-bond acceptors (Lipinski definition) is 4. The van der Waals surface area contributed by atoms with Crippen molar-refractivity contribution in [3.8, 4) is 0 Å². The number of nitrogens with one attached hydrogen (secondary N) is 1. The van der Waals surface area contributed by atoms with E-state index in [4.69, 9.17) is 4.74 Å². The summed E-state index contributed by atoms with van der Waals surface area (Å²) in [6.45, 7) is 0.0487. The predicted octanol–water partition coefficient (Wildman–Crippen LogP) is 1.91. The van der Waals surface area contributed by atoms with E-state index in [9.17, 15) is 9.90 Å². The Morgan fingerprint density at radius 2 is 1.95 bits per heavy atom. The number of ether oxygens (including phenoxy) is 1. The SMILES string of the molecule is O=C(NC(CO)Cc1cccnc1)OCc1ccccc1. The minimum Gasteiger partial charge on any atom is -0.445 e. The minimum absolute atomic E-state index is 0.157. The second-order valence-corrected chi connectivity index (χ2v) is 4.65. The number of nitrogens with zero attached hydrogens (tertiary/aromatic N) is 1.